The van der Waals surface area contributed by atoms with Crippen LogP contribution in [0.1, 0.15) is 51.4 Å². The number of hydrogen-bond acceptors (Lipinski definition) is 0. The van der Waals surface area contributed by atoms with Crippen molar-refractivity contribution in [3.63, 3.8) is 0 Å². The minimum atomic E-state index is -1.47. The topological polar surface area (TPSA) is 14.1 Å². The Morgan fingerprint density at radius 1 is 0.960 bits per heavy atom. The quantitative estimate of drug-likeness (QED) is 0.347. The number of quaternary nitrogens is 1. The van der Waals surface area contributed by atoms with Crippen LogP contribution in [0.5, 0.6) is 0 Å². The molecule has 5 fully saturated rings. The molecular formula is C19H35Cl2N2SiTi-. The van der Waals surface area contributed by atoms with Gasteiger partial charge in [-0.25, -0.2) is 0 Å². The van der Waals surface area contributed by atoms with Crippen LogP contribution in [0.15, 0.2) is 0 Å². The van der Waals surface area contributed by atoms with E-state index in [1.165, 1.54) is 36.3 Å². The fourth-order valence-corrected chi connectivity index (χ4v) is 14.0. The number of rotatable bonds is 1. The Morgan fingerprint density at radius 2 is 1.48 bits per heavy atom. The van der Waals surface area contributed by atoms with Gasteiger partial charge in [-0.2, -0.15) is 7.05 Å². The Hall–Kier alpha value is 1.43. The van der Waals surface area contributed by atoms with Crippen molar-refractivity contribution in [3.05, 3.63) is 12.4 Å². The average Bonchev–Trinajstić information content (AvgIpc) is 3.05. The summed E-state index contributed by atoms with van der Waals surface area (Å²) in [5.74, 6) is 4.39. The first kappa shape index (κ1) is 21.1. The van der Waals surface area contributed by atoms with Crippen LogP contribution in [0.4, 0.5) is 0 Å². The van der Waals surface area contributed by atoms with Gasteiger partial charge in [0.2, 0.25) is 0 Å². The normalized spacial score (nSPS) is 54.7. The summed E-state index contributed by atoms with van der Waals surface area (Å²) in [7, 11) is 13.2. The Bertz CT molecular complexity index is 498. The van der Waals surface area contributed by atoms with Crippen LogP contribution in [0.2, 0.25) is 12.1 Å². The summed E-state index contributed by atoms with van der Waals surface area (Å²) in [6, 6.07) is 2.06. The summed E-state index contributed by atoms with van der Waals surface area (Å²) in [6.07, 6.45) is 12.3. The van der Waals surface area contributed by atoms with Crippen molar-refractivity contribution >= 4 is 27.0 Å². The van der Waals surface area contributed by atoms with Crippen LogP contribution < -0.4 is 0 Å². The number of nitrogens with zero attached hydrogens (tertiary/aromatic N) is 2. The van der Waals surface area contributed by atoms with Gasteiger partial charge in [-0.15, -0.1) is 0 Å². The van der Waals surface area contributed by atoms with E-state index in [4.69, 9.17) is 23.6 Å². The van der Waals surface area contributed by atoms with Crippen LogP contribution in [-0.2, 0) is 17.0 Å². The van der Waals surface area contributed by atoms with E-state index < -0.39 is 25.4 Å². The molecule has 6 heteroatoms. The zero-order valence-corrected chi connectivity index (χ0v) is 20.4. The molecule has 9 atom stereocenters. The average molecular weight is 438 g/mol. The molecule has 3 aliphatic carbocycles. The van der Waals surface area contributed by atoms with Crippen molar-refractivity contribution in [1.82, 2.24) is 0 Å². The molecule has 25 heavy (non-hydrogen) atoms. The number of fused-ring (bicyclic) bond motifs is 6. The summed E-state index contributed by atoms with van der Waals surface area (Å²) in [5.41, 5.74) is 1.06. The molecule has 0 N–H and O–H groups in total. The second-order valence-electron chi connectivity index (χ2n) is 9.26. The predicted molar refractivity (Wildman–Crippen MR) is 107 cm³/mol. The van der Waals surface area contributed by atoms with Crippen molar-refractivity contribution in [2.24, 2.45) is 23.7 Å². The third-order valence-electron chi connectivity index (χ3n) is 9.24. The molecule has 0 radical (unpaired) electrons. The van der Waals surface area contributed by atoms with Gasteiger partial charge in [-0.3, -0.25) is 0 Å². The molecule has 0 amide bonds. The van der Waals surface area contributed by atoms with Gasteiger partial charge in [0, 0.05) is 17.4 Å². The van der Waals surface area contributed by atoms with Gasteiger partial charge in [0.05, 0.1) is 19.1 Å². The zero-order chi connectivity index (χ0) is 17.1. The summed E-state index contributed by atoms with van der Waals surface area (Å²) >= 11 is -0.556. The molecule has 2 saturated heterocycles. The van der Waals surface area contributed by atoms with Crippen LogP contribution in [0.3, 0.4) is 0 Å². The van der Waals surface area contributed by atoms with E-state index in [9.17, 15) is 0 Å². The van der Waals surface area contributed by atoms with Crippen LogP contribution in [0, 0.1) is 31.1 Å². The predicted octanol–water partition coefficient (Wildman–Crippen LogP) is 6.10. The van der Waals surface area contributed by atoms with E-state index in [2.05, 4.69) is 20.6 Å². The van der Waals surface area contributed by atoms with E-state index >= 15 is 0 Å². The molecule has 2 nitrogen and oxygen atoms in total. The fourth-order valence-electron chi connectivity index (χ4n) is 8.57. The first-order valence-corrected chi connectivity index (χ1v) is 16.8. The van der Waals surface area contributed by atoms with Crippen molar-refractivity contribution in [1.29, 1.82) is 0 Å². The molecule has 5 aliphatic rings. The molecule has 9 unspecified atom stereocenters. The number of hydrogen-bond donors (Lipinski definition) is 0. The van der Waals surface area contributed by atoms with E-state index in [0.29, 0.717) is 0 Å². The van der Waals surface area contributed by atoms with Gasteiger partial charge in [0.1, 0.15) is 0 Å². The molecule has 2 aliphatic heterocycles. The second kappa shape index (κ2) is 7.69. The van der Waals surface area contributed by atoms with E-state index in [0.717, 1.165) is 41.3 Å². The third kappa shape index (κ3) is 2.59. The molecule has 5 rings (SSSR count). The van der Waals surface area contributed by atoms with Crippen molar-refractivity contribution in [3.8, 4) is 0 Å². The number of halogens is 2. The van der Waals surface area contributed by atoms with Gasteiger partial charge < -0.3 is 16.6 Å². The Morgan fingerprint density at radius 3 is 2.08 bits per heavy atom. The SMILES string of the molecule is C[N-][Si]1(C)C2C3CCCCC3C3C4CCCCC4[N+]1(C)C32.[CH3-].[Cl][Ti][Cl]. The van der Waals surface area contributed by atoms with Gasteiger partial charge in [0.15, 0.2) is 8.40 Å². The Kier molecular flexibility index (Phi) is 6.50. The van der Waals surface area contributed by atoms with E-state index in [-0.39, 0.29) is 7.43 Å². The summed E-state index contributed by atoms with van der Waals surface area (Å²) in [4.78, 5) is 5.21. The fraction of sp³-hybridized carbons (Fsp3) is 0.947. The van der Waals surface area contributed by atoms with Gasteiger partial charge in [-0.1, -0.05) is 19.3 Å². The maximum atomic E-state index is 5.21. The zero-order valence-electron chi connectivity index (χ0n) is 16.3. The van der Waals surface area contributed by atoms with Gasteiger partial charge >= 0.3 is 35.6 Å². The first-order valence-electron chi connectivity index (χ1n) is 9.99. The van der Waals surface area contributed by atoms with Crippen LogP contribution >= 0.6 is 18.6 Å². The molecular weight excluding hydrogens is 403 g/mol. The van der Waals surface area contributed by atoms with Crippen molar-refractivity contribution in [2.45, 2.75) is 75.5 Å². The van der Waals surface area contributed by atoms with E-state index in [1.807, 2.05) is 0 Å². The molecule has 0 aromatic heterocycles. The van der Waals surface area contributed by atoms with Crippen molar-refractivity contribution in [2.75, 3.05) is 14.1 Å². The monoisotopic (exact) mass is 437 g/mol. The Labute approximate surface area is 173 Å². The van der Waals surface area contributed by atoms with Crippen LogP contribution in [-0.4, -0.2) is 38.7 Å². The molecule has 3 saturated carbocycles. The molecule has 144 valence electrons. The van der Waals surface area contributed by atoms with Crippen LogP contribution in [0.25, 0.3) is 4.98 Å². The van der Waals surface area contributed by atoms with Gasteiger partial charge in [-0.05, 0) is 50.5 Å². The molecule has 2 heterocycles. The minimum absolute atomic E-state index is 0. The Balaban J connectivity index is 0.000000428. The first-order chi connectivity index (χ1) is 11.6. The second-order valence-corrected chi connectivity index (χ2v) is 16.1. The summed E-state index contributed by atoms with van der Waals surface area (Å²) in [5, 5.41) is 0. The molecule has 0 bridgehead atoms. The summed E-state index contributed by atoms with van der Waals surface area (Å²) < 4.78 is 1.48. The third-order valence-corrected chi connectivity index (χ3v) is 14.8. The summed E-state index contributed by atoms with van der Waals surface area (Å²) in [6.45, 7) is 2.67. The maximum absolute atomic E-state index is 5.21. The molecule has 0 spiro atoms. The molecule has 0 aromatic carbocycles. The van der Waals surface area contributed by atoms with Crippen molar-refractivity contribution < 1.29 is 21.2 Å². The standard InChI is InChI=1S/C18H32N2Si.CH3.2ClH.Ti/c1-19-21(3)18-13-9-5-4-8-12(13)16-14-10-6-7-11-15(14)20(21,2)17(16)18;;;;/h12-18H,4-11H2,1-3H3;1H3;2*1H;/q;-1;;;+2/p-2. The molecule has 0 aromatic rings. The van der Waals surface area contributed by atoms with E-state index in [1.54, 1.807) is 19.3 Å². The van der Waals surface area contributed by atoms with Gasteiger partial charge in [0.25, 0.3) is 0 Å².